The smallest absolute Gasteiger partial charge is 0.306 e. The minimum absolute atomic E-state index is 0.129. The third kappa shape index (κ3) is 2.56. The van der Waals surface area contributed by atoms with E-state index < -0.39 is 5.72 Å². The van der Waals surface area contributed by atoms with E-state index in [-0.39, 0.29) is 11.9 Å². The highest BCUT2D eigenvalue weighted by Gasteiger charge is 2.60. The minimum atomic E-state index is -1.34. The number of rotatable bonds is 2. The van der Waals surface area contributed by atoms with Crippen molar-refractivity contribution in [2.45, 2.75) is 18.2 Å². The summed E-state index contributed by atoms with van der Waals surface area (Å²) in [6.07, 6.45) is 0.663. The average Bonchev–Trinajstić information content (AvgIpc) is 3.36. The molecular formula is C24H18BrN3O3. The van der Waals surface area contributed by atoms with Gasteiger partial charge in [0.2, 0.25) is 0 Å². The number of benzene rings is 3. The number of carbonyl (C=O) groups excluding carboxylic acids is 1. The first-order valence-corrected chi connectivity index (χ1v) is 10.8. The van der Waals surface area contributed by atoms with Crippen LogP contribution in [0.4, 0.5) is 5.69 Å². The summed E-state index contributed by atoms with van der Waals surface area (Å²) in [5.41, 5.74) is 3.09. The van der Waals surface area contributed by atoms with Crippen LogP contribution < -0.4 is 14.8 Å². The van der Waals surface area contributed by atoms with Crippen LogP contribution in [0.15, 0.2) is 76.3 Å². The normalized spacial score (nSPS) is 22.9. The third-order valence-electron chi connectivity index (χ3n) is 6.09. The summed E-state index contributed by atoms with van der Waals surface area (Å²) < 4.78 is 12.7. The van der Waals surface area contributed by atoms with Gasteiger partial charge in [0.25, 0.3) is 5.91 Å². The molecule has 3 aliphatic rings. The molecule has 0 aromatic heterocycles. The van der Waals surface area contributed by atoms with Crippen LogP contribution in [0, 0.1) is 0 Å². The topological polar surface area (TPSA) is 63.2 Å². The van der Waals surface area contributed by atoms with Gasteiger partial charge in [0, 0.05) is 16.5 Å². The molecule has 31 heavy (non-hydrogen) atoms. The lowest BCUT2D eigenvalue weighted by Crippen LogP contribution is -2.55. The average molecular weight is 476 g/mol. The van der Waals surface area contributed by atoms with Crippen LogP contribution >= 0.6 is 15.9 Å². The second-order valence-corrected chi connectivity index (χ2v) is 8.68. The van der Waals surface area contributed by atoms with E-state index in [0.29, 0.717) is 12.2 Å². The number of fused-ring (bicyclic) bond motifs is 6. The Hall–Kier alpha value is -3.32. The lowest BCUT2D eigenvalue weighted by molar-refractivity contribution is -0.161. The molecule has 3 heterocycles. The first-order valence-electron chi connectivity index (χ1n) is 10.0. The van der Waals surface area contributed by atoms with Crippen LogP contribution in [0.1, 0.15) is 29.2 Å². The Morgan fingerprint density at radius 1 is 1.16 bits per heavy atom. The molecule has 0 saturated heterocycles. The van der Waals surface area contributed by atoms with Crippen molar-refractivity contribution in [2.24, 2.45) is 5.10 Å². The molecule has 154 valence electrons. The van der Waals surface area contributed by atoms with Crippen molar-refractivity contribution in [1.29, 1.82) is 0 Å². The Morgan fingerprint density at radius 2 is 1.97 bits per heavy atom. The number of methoxy groups -OCH3 is 1. The molecule has 0 unspecified atom stereocenters. The zero-order valence-electron chi connectivity index (χ0n) is 16.6. The van der Waals surface area contributed by atoms with Crippen molar-refractivity contribution < 1.29 is 14.3 Å². The highest BCUT2D eigenvalue weighted by Crippen LogP contribution is 2.54. The van der Waals surface area contributed by atoms with Gasteiger partial charge in [-0.3, -0.25) is 4.79 Å². The van der Waals surface area contributed by atoms with Crippen LogP contribution in [-0.4, -0.2) is 23.7 Å². The molecular weight excluding hydrogens is 458 g/mol. The Labute approximate surface area is 187 Å². The van der Waals surface area contributed by atoms with Gasteiger partial charge in [-0.05, 0) is 54.1 Å². The summed E-state index contributed by atoms with van der Waals surface area (Å²) in [5.74, 6) is 1.26. The molecule has 0 radical (unpaired) electrons. The van der Waals surface area contributed by atoms with Gasteiger partial charge in [0.1, 0.15) is 11.5 Å². The predicted molar refractivity (Wildman–Crippen MR) is 120 cm³/mol. The van der Waals surface area contributed by atoms with E-state index in [9.17, 15) is 4.79 Å². The SMILES string of the molecule is COc1ccc(C2=NN3[C@H](C2)c2cc(Br)ccc2O[C@@]32C(=O)Nc3ccccc32)cc1. The second kappa shape index (κ2) is 6.59. The van der Waals surface area contributed by atoms with E-state index in [1.54, 1.807) is 7.11 Å². The number of carbonyl (C=O) groups is 1. The second-order valence-electron chi connectivity index (χ2n) is 7.77. The standard InChI is InChI=1S/C24H18BrN3O3/c1-30-16-9-6-14(7-10-16)20-13-21-17-12-15(25)8-11-22(17)31-24(28(21)27-20)18-4-2-3-5-19(18)26-23(24)29/h2-12,21H,13H2,1H3,(H,26,29)/t21-,24+/m1/s1. The zero-order chi connectivity index (χ0) is 21.2. The molecule has 0 aliphatic carbocycles. The van der Waals surface area contributed by atoms with Gasteiger partial charge >= 0.3 is 5.72 Å². The molecule has 7 heteroatoms. The molecule has 0 fully saturated rings. The molecule has 0 saturated carbocycles. The molecule has 6 nitrogen and oxygen atoms in total. The number of para-hydroxylation sites is 1. The fourth-order valence-electron chi connectivity index (χ4n) is 4.63. The molecule has 2 atom stereocenters. The van der Waals surface area contributed by atoms with Crippen molar-refractivity contribution in [2.75, 3.05) is 12.4 Å². The quantitative estimate of drug-likeness (QED) is 0.577. The number of ether oxygens (including phenoxy) is 2. The number of hydrogen-bond acceptors (Lipinski definition) is 5. The van der Waals surface area contributed by atoms with Gasteiger partial charge in [-0.15, -0.1) is 0 Å². The van der Waals surface area contributed by atoms with Crippen LogP contribution in [0.3, 0.4) is 0 Å². The van der Waals surface area contributed by atoms with E-state index in [2.05, 4.69) is 21.2 Å². The molecule has 3 aliphatic heterocycles. The molecule has 3 aromatic carbocycles. The van der Waals surface area contributed by atoms with Gasteiger partial charge in [0.05, 0.1) is 30.1 Å². The Bertz CT molecular complexity index is 1260. The third-order valence-corrected chi connectivity index (χ3v) is 6.59. The van der Waals surface area contributed by atoms with E-state index in [1.807, 2.05) is 71.7 Å². The largest absolute Gasteiger partial charge is 0.497 e. The monoisotopic (exact) mass is 475 g/mol. The minimum Gasteiger partial charge on any atom is -0.497 e. The lowest BCUT2D eigenvalue weighted by Gasteiger charge is -2.44. The van der Waals surface area contributed by atoms with Crippen LogP contribution in [0.5, 0.6) is 11.5 Å². The zero-order valence-corrected chi connectivity index (χ0v) is 18.2. The van der Waals surface area contributed by atoms with E-state index in [4.69, 9.17) is 14.6 Å². The van der Waals surface area contributed by atoms with Gasteiger partial charge < -0.3 is 14.8 Å². The summed E-state index contributed by atoms with van der Waals surface area (Å²) >= 11 is 3.57. The summed E-state index contributed by atoms with van der Waals surface area (Å²) in [5, 5.41) is 9.77. The van der Waals surface area contributed by atoms with Crippen LogP contribution in [0.2, 0.25) is 0 Å². The van der Waals surface area contributed by atoms with Crippen molar-refractivity contribution in [3.05, 3.63) is 87.9 Å². The molecule has 0 bridgehead atoms. The fraction of sp³-hybridized carbons (Fsp3) is 0.167. The summed E-state index contributed by atoms with van der Waals surface area (Å²) in [4.78, 5) is 13.4. The maximum atomic E-state index is 13.4. The molecule has 6 rings (SSSR count). The van der Waals surface area contributed by atoms with Crippen molar-refractivity contribution >= 4 is 33.2 Å². The Morgan fingerprint density at radius 3 is 2.77 bits per heavy atom. The highest BCUT2D eigenvalue weighted by molar-refractivity contribution is 9.10. The maximum absolute atomic E-state index is 13.4. The number of anilines is 1. The predicted octanol–water partition coefficient (Wildman–Crippen LogP) is 4.81. The maximum Gasteiger partial charge on any atom is 0.306 e. The number of hydrogen-bond donors (Lipinski definition) is 1. The van der Waals surface area contributed by atoms with Gasteiger partial charge in [-0.2, -0.15) is 5.10 Å². The van der Waals surface area contributed by atoms with Crippen LogP contribution in [0.25, 0.3) is 0 Å². The molecule has 3 aromatic rings. The summed E-state index contributed by atoms with van der Waals surface area (Å²) in [6, 6.07) is 21.2. The first-order chi connectivity index (χ1) is 15.1. The summed E-state index contributed by atoms with van der Waals surface area (Å²) in [7, 11) is 1.65. The van der Waals surface area contributed by atoms with Gasteiger partial charge in [0.15, 0.2) is 0 Å². The Kier molecular flexibility index (Phi) is 3.92. The molecule has 1 N–H and O–H groups in total. The first kappa shape index (κ1) is 18.4. The molecule has 1 spiro atoms. The van der Waals surface area contributed by atoms with Crippen molar-refractivity contribution in [3.8, 4) is 11.5 Å². The van der Waals surface area contributed by atoms with Crippen molar-refractivity contribution in [1.82, 2.24) is 5.01 Å². The van der Waals surface area contributed by atoms with Crippen molar-refractivity contribution in [3.63, 3.8) is 0 Å². The van der Waals surface area contributed by atoms with E-state index >= 15 is 0 Å². The van der Waals surface area contributed by atoms with Crippen LogP contribution in [-0.2, 0) is 10.5 Å². The van der Waals surface area contributed by atoms with Gasteiger partial charge in [-0.1, -0.05) is 34.1 Å². The number of nitrogens with zero attached hydrogens (tertiary/aromatic N) is 2. The number of nitrogens with one attached hydrogen (secondary N) is 1. The number of halogens is 1. The van der Waals surface area contributed by atoms with Gasteiger partial charge in [-0.25, -0.2) is 5.01 Å². The summed E-state index contributed by atoms with van der Waals surface area (Å²) in [6.45, 7) is 0. The van der Waals surface area contributed by atoms with E-state index in [1.165, 1.54) is 0 Å². The van der Waals surface area contributed by atoms with E-state index in [0.717, 1.165) is 38.3 Å². The molecule has 1 amide bonds. The lowest BCUT2D eigenvalue weighted by atomic mass is 9.92. The number of amides is 1. The number of hydrazone groups is 1. The highest BCUT2D eigenvalue weighted by atomic mass is 79.9. The fourth-order valence-corrected chi connectivity index (χ4v) is 5.00. The Balaban J connectivity index is 1.54.